The number of nitrogens with one attached hydrogen (secondary N) is 2. The molecule has 0 radical (unpaired) electrons. The van der Waals surface area contributed by atoms with Gasteiger partial charge in [0.15, 0.2) is 0 Å². The number of anilines is 2. The van der Waals surface area contributed by atoms with Crippen molar-refractivity contribution in [2.75, 3.05) is 30.4 Å². The molecule has 0 unspecified atom stereocenters. The molecule has 2 aromatic heterocycles. The molecular weight excluding hydrogens is 408 g/mol. The minimum Gasteiger partial charge on any atom is -0.474 e. The number of aromatic nitrogens is 2. The van der Waals surface area contributed by atoms with Gasteiger partial charge in [0.1, 0.15) is 12.3 Å². The predicted molar refractivity (Wildman–Crippen MR) is 111 cm³/mol. The van der Waals surface area contributed by atoms with Gasteiger partial charge in [-0.1, -0.05) is 0 Å². The lowest BCUT2D eigenvalue weighted by Gasteiger charge is -2.11. The Kier molecular flexibility index (Phi) is 6.94. The van der Waals surface area contributed by atoms with Gasteiger partial charge in [-0.2, -0.15) is 0 Å². The first-order chi connectivity index (χ1) is 14.5. The van der Waals surface area contributed by atoms with Crippen LogP contribution in [-0.2, 0) is 14.8 Å². The third-order valence-corrected chi connectivity index (χ3v) is 5.30. The zero-order valence-electron chi connectivity index (χ0n) is 16.1. The van der Waals surface area contributed by atoms with Gasteiger partial charge >= 0.3 is 0 Å². The highest BCUT2D eigenvalue weighted by molar-refractivity contribution is 7.92. The summed E-state index contributed by atoms with van der Waals surface area (Å²) in [5, 5.41) is 2.71. The highest BCUT2D eigenvalue weighted by atomic mass is 32.2. The summed E-state index contributed by atoms with van der Waals surface area (Å²) in [5.74, 6) is -0.158. The normalized spacial score (nSPS) is 11.0. The molecule has 0 aliphatic rings. The number of rotatable bonds is 9. The summed E-state index contributed by atoms with van der Waals surface area (Å²) in [4.78, 5) is 20.5. The lowest BCUT2D eigenvalue weighted by Crippen LogP contribution is -2.16. The molecule has 0 spiro atoms. The number of hydrogen-bond donors (Lipinski definition) is 2. The largest absolute Gasteiger partial charge is 0.474 e. The number of carbonyl (C=O) groups is 1. The number of pyridine rings is 2. The van der Waals surface area contributed by atoms with Crippen molar-refractivity contribution in [3.63, 3.8) is 0 Å². The molecule has 0 atom stereocenters. The molecule has 0 saturated heterocycles. The molecular formula is C20H20N4O5S. The van der Waals surface area contributed by atoms with Crippen molar-refractivity contribution in [1.82, 2.24) is 9.97 Å². The second-order valence-electron chi connectivity index (χ2n) is 6.02. The van der Waals surface area contributed by atoms with E-state index in [0.29, 0.717) is 18.0 Å². The lowest BCUT2D eigenvalue weighted by molar-refractivity contribution is 0.102. The van der Waals surface area contributed by atoms with Gasteiger partial charge in [0.05, 0.1) is 17.2 Å². The van der Waals surface area contributed by atoms with Crippen molar-refractivity contribution >= 4 is 27.3 Å². The fourth-order valence-corrected chi connectivity index (χ4v) is 3.50. The maximum absolute atomic E-state index is 12.6. The number of nitrogens with zero attached hydrogens (tertiary/aromatic N) is 2. The van der Waals surface area contributed by atoms with Crippen LogP contribution in [0.2, 0.25) is 0 Å². The van der Waals surface area contributed by atoms with E-state index < -0.39 is 15.9 Å². The molecule has 0 saturated carbocycles. The molecule has 1 aromatic carbocycles. The zero-order chi connectivity index (χ0) is 21.4. The van der Waals surface area contributed by atoms with Crippen LogP contribution >= 0.6 is 0 Å². The maximum Gasteiger partial charge on any atom is 0.261 e. The topological polar surface area (TPSA) is 120 Å². The van der Waals surface area contributed by atoms with Gasteiger partial charge in [-0.15, -0.1) is 0 Å². The minimum atomic E-state index is -3.79. The van der Waals surface area contributed by atoms with Crippen LogP contribution in [0.25, 0.3) is 0 Å². The number of hydrogen-bond acceptors (Lipinski definition) is 7. The Labute approximate surface area is 174 Å². The summed E-state index contributed by atoms with van der Waals surface area (Å²) in [7, 11) is -2.23. The van der Waals surface area contributed by atoms with Crippen LogP contribution in [0.4, 0.5) is 11.4 Å². The van der Waals surface area contributed by atoms with E-state index in [2.05, 4.69) is 20.0 Å². The third kappa shape index (κ3) is 5.52. The number of ether oxygens (including phenoxy) is 2. The Balaban J connectivity index is 1.70. The fourth-order valence-electron chi connectivity index (χ4n) is 2.44. The van der Waals surface area contributed by atoms with Crippen LogP contribution in [0.15, 0.2) is 72.0 Å². The summed E-state index contributed by atoms with van der Waals surface area (Å²) in [6.45, 7) is 0.668. The first-order valence-corrected chi connectivity index (χ1v) is 10.4. The van der Waals surface area contributed by atoms with E-state index in [1.54, 1.807) is 37.6 Å². The van der Waals surface area contributed by atoms with Crippen LogP contribution < -0.4 is 14.8 Å². The van der Waals surface area contributed by atoms with Gasteiger partial charge in [0.25, 0.3) is 15.9 Å². The smallest absolute Gasteiger partial charge is 0.261 e. The second-order valence-corrected chi connectivity index (χ2v) is 7.70. The molecule has 9 nitrogen and oxygen atoms in total. The van der Waals surface area contributed by atoms with Crippen LogP contribution in [0, 0.1) is 0 Å². The highest BCUT2D eigenvalue weighted by Crippen LogP contribution is 2.22. The van der Waals surface area contributed by atoms with E-state index in [9.17, 15) is 13.2 Å². The first-order valence-electron chi connectivity index (χ1n) is 8.90. The average Bonchev–Trinajstić information content (AvgIpc) is 2.75. The summed E-state index contributed by atoms with van der Waals surface area (Å²) < 4.78 is 37.8. The summed E-state index contributed by atoms with van der Waals surface area (Å²) in [6, 6.07) is 12.0. The lowest BCUT2D eigenvalue weighted by atomic mass is 10.2. The van der Waals surface area contributed by atoms with E-state index >= 15 is 0 Å². The van der Waals surface area contributed by atoms with E-state index in [1.807, 2.05) is 0 Å². The molecule has 0 bridgehead atoms. The van der Waals surface area contributed by atoms with Gasteiger partial charge < -0.3 is 14.8 Å². The van der Waals surface area contributed by atoms with Crippen LogP contribution in [0.1, 0.15) is 10.4 Å². The van der Waals surface area contributed by atoms with Crippen LogP contribution in [0.5, 0.6) is 5.88 Å². The standard InChI is InChI=1S/C20H20N4O5S/c1-28-13-14-29-20-18(3-2-10-22-20)23-19(25)15-4-6-17(7-5-15)30(26,27)24-16-8-11-21-12-9-16/h2-12H,13-14H2,1H3,(H,21,24)(H,23,25). The Morgan fingerprint density at radius 1 is 1.00 bits per heavy atom. The molecule has 3 rings (SSSR count). The molecule has 0 aliphatic heterocycles. The van der Waals surface area contributed by atoms with Gasteiger partial charge in [-0.05, 0) is 48.5 Å². The van der Waals surface area contributed by atoms with Gasteiger partial charge in [0, 0.05) is 31.3 Å². The Hall–Kier alpha value is -3.50. The molecule has 156 valence electrons. The molecule has 2 heterocycles. The molecule has 30 heavy (non-hydrogen) atoms. The second kappa shape index (κ2) is 9.81. The molecule has 10 heteroatoms. The van der Waals surface area contributed by atoms with Crippen molar-refractivity contribution < 1.29 is 22.7 Å². The number of amides is 1. The average molecular weight is 428 g/mol. The van der Waals surface area contributed by atoms with E-state index in [0.717, 1.165) is 0 Å². The Morgan fingerprint density at radius 3 is 2.43 bits per heavy atom. The number of benzene rings is 1. The van der Waals surface area contributed by atoms with Crippen molar-refractivity contribution in [1.29, 1.82) is 0 Å². The van der Waals surface area contributed by atoms with Gasteiger partial charge in [-0.3, -0.25) is 14.5 Å². The maximum atomic E-state index is 12.6. The number of carbonyl (C=O) groups excluding carboxylic acids is 1. The predicted octanol–water partition coefficient (Wildman–Crippen LogP) is 2.55. The van der Waals surface area contributed by atoms with E-state index in [-0.39, 0.29) is 22.9 Å². The summed E-state index contributed by atoms with van der Waals surface area (Å²) >= 11 is 0. The number of sulfonamides is 1. The van der Waals surface area contributed by atoms with Gasteiger partial charge in [-0.25, -0.2) is 13.4 Å². The monoisotopic (exact) mass is 428 g/mol. The zero-order valence-corrected chi connectivity index (χ0v) is 16.9. The summed E-state index contributed by atoms with van der Waals surface area (Å²) in [6.07, 6.45) is 4.52. The fraction of sp³-hybridized carbons (Fsp3) is 0.150. The number of methoxy groups -OCH3 is 1. The van der Waals surface area contributed by atoms with E-state index in [1.165, 1.54) is 36.7 Å². The molecule has 0 fully saturated rings. The molecule has 2 N–H and O–H groups in total. The van der Waals surface area contributed by atoms with Crippen molar-refractivity contribution in [3.05, 3.63) is 72.7 Å². The SMILES string of the molecule is COCCOc1ncccc1NC(=O)c1ccc(S(=O)(=O)Nc2ccncc2)cc1. The van der Waals surface area contributed by atoms with Gasteiger partial charge in [0.2, 0.25) is 5.88 Å². The molecule has 1 amide bonds. The quantitative estimate of drug-likeness (QED) is 0.503. The van der Waals surface area contributed by atoms with Crippen LogP contribution in [-0.4, -0.2) is 44.6 Å². The van der Waals surface area contributed by atoms with Crippen molar-refractivity contribution in [3.8, 4) is 5.88 Å². The Morgan fingerprint density at radius 2 is 1.73 bits per heavy atom. The van der Waals surface area contributed by atoms with E-state index in [4.69, 9.17) is 9.47 Å². The third-order valence-electron chi connectivity index (χ3n) is 3.90. The molecule has 3 aromatic rings. The Bertz CT molecular complexity index is 1090. The van der Waals surface area contributed by atoms with Crippen molar-refractivity contribution in [2.45, 2.75) is 4.90 Å². The summed E-state index contributed by atoms with van der Waals surface area (Å²) in [5.41, 5.74) is 1.07. The molecule has 0 aliphatic carbocycles. The first kappa shape index (κ1) is 21.2. The van der Waals surface area contributed by atoms with Crippen molar-refractivity contribution in [2.24, 2.45) is 0 Å². The minimum absolute atomic E-state index is 0.0285. The van der Waals surface area contributed by atoms with Crippen LogP contribution in [0.3, 0.4) is 0 Å². The highest BCUT2D eigenvalue weighted by Gasteiger charge is 2.16.